The molecule has 1 aromatic rings. The summed E-state index contributed by atoms with van der Waals surface area (Å²) in [4.78, 5) is 23.5. The van der Waals surface area contributed by atoms with E-state index in [1.54, 1.807) is 12.1 Å². The number of methoxy groups -OCH3 is 1. The van der Waals surface area contributed by atoms with E-state index in [1.807, 2.05) is 12.1 Å². The van der Waals surface area contributed by atoms with Crippen LogP contribution >= 0.6 is 0 Å². The second-order valence-corrected chi connectivity index (χ2v) is 6.56. The number of hydrogen-bond acceptors (Lipinski definition) is 4. The normalized spacial score (nSPS) is 16.4. The van der Waals surface area contributed by atoms with Crippen molar-refractivity contribution < 1.29 is 14.3 Å². The minimum atomic E-state index is -0.332. The van der Waals surface area contributed by atoms with Gasteiger partial charge in [0.2, 0.25) is 5.91 Å². The van der Waals surface area contributed by atoms with Crippen molar-refractivity contribution in [2.24, 2.45) is 11.8 Å². The maximum atomic E-state index is 12.1. The summed E-state index contributed by atoms with van der Waals surface area (Å²) in [6.07, 6.45) is 3.70. The molecule has 132 valence electrons. The van der Waals surface area contributed by atoms with E-state index in [9.17, 15) is 9.59 Å². The van der Waals surface area contributed by atoms with E-state index >= 15 is 0 Å². The molecule has 1 atom stereocenters. The second kappa shape index (κ2) is 9.42. The molecule has 1 aliphatic heterocycles. The third kappa shape index (κ3) is 5.64. The van der Waals surface area contributed by atoms with Crippen LogP contribution in [-0.2, 0) is 16.0 Å². The Bertz CT molecular complexity index is 536. The molecule has 1 aromatic carbocycles. The van der Waals surface area contributed by atoms with Gasteiger partial charge in [0, 0.05) is 13.0 Å². The molecule has 1 fully saturated rings. The number of ether oxygens (including phenoxy) is 1. The van der Waals surface area contributed by atoms with Crippen LogP contribution in [0.3, 0.4) is 0 Å². The van der Waals surface area contributed by atoms with Crippen molar-refractivity contribution in [2.45, 2.75) is 32.6 Å². The van der Waals surface area contributed by atoms with Crippen LogP contribution in [0.5, 0.6) is 0 Å². The van der Waals surface area contributed by atoms with Gasteiger partial charge >= 0.3 is 5.97 Å². The van der Waals surface area contributed by atoms with Crippen LogP contribution < -0.4 is 10.6 Å². The highest BCUT2D eigenvalue weighted by Gasteiger charge is 2.21. The summed E-state index contributed by atoms with van der Waals surface area (Å²) in [7, 11) is 1.37. The lowest BCUT2D eigenvalue weighted by atomic mass is 9.84. The first kappa shape index (κ1) is 18.5. The van der Waals surface area contributed by atoms with E-state index in [-0.39, 0.29) is 11.9 Å². The largest absolute Gasteiger partial charge is 0.465 e. The first-order valence-electron chi connectivity index (χ1n) is 8.75. The predicted molar refractivity (Wildman–Crippen MR) is 93.9 cm³/mol. The number of carbonyl (C=O) groups is 2. The van der Waals surface area contributed by atoms with E-state index in [0.29, 0.717) is 30.4 Å². The lowest BCUT2D eigenvalue weighted by molar-refractivity contribution is -0.122. The lowest BCUT2D eigenvalue weighted by Gasteiger charge is -2.27. The number of carbonyl (C=O) groups excluding carboxylic acids is 2. The van der Waals surface area contributed by atoms with Crippen LogP contribution in [0.4, 0.5) is 0 Å². The van der Waals surface area contributed by atoms with Crippen LogP contribution in [0.15, 0.2) is 24.3 Å². The number of esters is 1. The van der Waals surface area contributed by atoms with Crippen LogP contribution in [0.2, 0.25) is 0 Å². The number of hydrogen-bond donors (Lipinski definition) is 2. The van der Waals surface area contributed by atoms with Crippen LogP contribution in [0.1, 0.15) is 42.1 Å². The number of amides is 1. The first-order valence-corrected chi connectivity index (χ1v) is 8.75. The molecule has 1 amide bonds. The van der Waals surface area contributed by atoms with Crippen molar-refractivity contribution in [1.29, 1.82) is 0 Å². The van der Waals surface area contributed by atoms with Gasteiger partial charge in [-0.3, -0.25) is 4.79 Å². The Morgan fingerprint density at radius 2 is 1.92 bits per heavy atom. The van der Waals surface area contributed by atoms with Gasteiger partial charge in [-0.1, -0.05) is 19.1 Å². The molecular weight excluding hydrogens is 304 g/mol. The molecule has 0 saturated carbocycles. The molecule has 1 aliphatic rings. The topological polar surface area (TPSA) is 67.4 Å². The van der Waals surface area contributed by atoms with Crippen molar-refractivity contribution in [3.8, 4) is 0 Å². The molecule has 5 nitrogen and oxygen atoms in total. The predicted octanol–water partition coefficient (Wildman–Crippen LogP) is 2.16. The van der Waals surface area contributed by atoms with Gasteiger partial charge in [0.05, 0.1) is 12.7 Å². The molecule has 1 heterocycles. The van der Waals surface area contributed by atoms with E-state index in [1.165, 1.54) is 20.0 Å². The Hall–Kier alpha value is -1.88. The van der Waals surface area contributed by atoms with Crippen LogP contribution in [0, 0.1) is 11.8 Å². The summed E-state index contributed by atoms with van der Waals surface area (Å²) < 4.78 is 4.68. The van der Waals surface area contributed by atoms with E-state index in [4.69, 9.17) is 0 Å². The van der Waals surface area contributed by atoms with Crippen LogP contribution in [0.25, 0.3) is 0 Å². The van der Waals surface area contributed by atoms with Gasteiger partial charge in [-0.25, -0.2) is 4.79 Å². The fourth-order valence-corrected chi connectivity index (χ4v) is 3.22. The molecule has 0 bridgehead atoms. The van der Waals surface area contributed by atoms with Crippen molar-refractivity contribution in [3.05, 3.63) is 35.4 Å². The molecule has 0 spiro atoms. The quantitative estimate of drug-likeness (QED) is 0.751. The zero-order chi connectivity index (χ0) is 17.4. The fraction of sp³-hybridized carbons (Fsp3) is 0.579. The Labute approximate surface area is 144 Å². The maximum Gasteiger partial charge on any atom is 0.337 e. The summed E-state index contributed by atoms with van der Waals surface area (Å²) in [6, 6.07) is 7.30. The zero-order valence-electron chi connectivity index (χ0n) is 14.6. The molecule has 2 rings (SSSR count). The highest BCUT2D eigenvalue weighted by atomic mass is 16.5. The van der Waals surface area contributed by atoms with Gasteiger partial charge in [0.1, 0.15) is 0 Å². The minimum Gasteiger partial charge on any atom is -0.465 e. The Kier molecular flexibility index (Phi) is 7.25. The number of nitrogens with one attached hydrogen (secondary N) is 2. The van der Waals surface area contributed by atoms with Crippen LogP contribution in [-0.4, -0.2) is 38.6 Å². The molecule has 24 heavy (non-hydrogen) atoms. The SMILES string of the molecule is COC(=O)c1ccc(CCNC(=O)CC(C)C2CCNCC2)cc1. The molecule has 5 heteroatoms. The maximum absolute atomic E-state index is 12.1. The van der Waals surface area contributed by atoms with Gasteiger partial charge in [-0.15, -0.1) is 0 Å². The third-order valence-corrected chi connectivity index (χ3v) is 4.81. The Morgan fingerprint density at radius 3 is 2.54 bits per heavy atom. The molecule has 0 aliphatic carbocycles. The molecule has 1 saturated heterocycles. The van der Waals surface area contributed by atoms with Crippen molar-refractivity contribution in [1.82, 2.24) is 10.6 Å². The standard InChI is InChI=1S/C19H28N2O3/c1-14(16-8-10-20-11-9-16)13-18(22)21-12-7-15-3-5-17(6-4-15)19(23)24-2/h3-6,14,16,20H,7-13H2,1-2H3,(H,21,22). The van der Waals surface area contributed by atoms with Crippen molar-refractivity contribution in [2.75, 3.05) is 26.7 Å². The summed E-state index contributed by atoms with van der Waals surface area (Å²) in [6.45, 7) is 4.94. The Balaban J connectivity index is 1.69. The Morgan fingerprint density at radius 1 is 1.25 bits per heavy atom. The monoisotopic (exact) mass is 332 g/mol. The molecule has 1 unspecified atom stereocenters. The molecule has 0 aromatic heterocycles. The van der Waals surface area contributed by atoms with E-state index in [0.717, 1.165) is 25.1 Å². The van der Waals surface area contributed by atoms with Gasteiger partial charge in [-0.05, 0) is 61.9 Å². The highest BCUT2D eigenvalue weighted by molar-refractivity contribution is 5.89. The highest BCUT2D eigenvalue weighted by Crippen LogP contribution is 2.24. The van der Waals surface area contributed by atoms with Crippen molar-refractivity contribution >= 4 is 11.9 Å². The van der Waals surface area contributed by atoms with Gasteiger partial charge in [0.15, 0.2) is 0 Å². The third-order valence-electron chi connectivity index (χ3n) is 4.81. The minimum absolute atomic E-state index is 0.132. The fourth-order valence-electron chi connectivity index (χ4n) is 3.22. The number of piperidine rings is 1. The van der Waals surface area contributed by atoms with Gasteiger partial charge in [0.25, 0.3) is 0 Å². The van der Waals surface area contributed by atoms with Crippen molar-refractivity contribution in [3.63, 3.8) is 0 Å². The smallest absolute Gasteiger partial charge is 0.337 e. The average molecular weight is 332 g/mol. The second-order valence-electron chi connectivity index (χ2n) is 6.56. The number of rotatable bonds is 7. The average Bonchev–Trinajstić information content (AvgIpc) is 2.62. The van der Waals surface area contributed by atoms with Gasteiger partial charge < -0.3 is 15.4 Å². The molecule has 0 radical (unpaired) electrons. The summed E-state index contributed by atoms with van der Waals surface area (Å²) in [5.41, 5.74) is 1.63. The van der Waals surface area contributed by atoms with E-state index in [2.05, 4.69) is 22.3 Å². The molecular formula is C19H28N2O3. The summed E-state index contributed by atoms with van der Waals surface area (Å²) in [5.74, 6) is 0.892. The van der Waals surface area contributed by atoms with E-state index < -0.39 is 0 Å². The lowest BCUT2D eigenvalue weighted by Crippen LogP contribution is -2.34. The van der Waals surface area contributed by atoms with Gasteiger partial charge in [-0.2, -0.15) is 0 Å². The zero-order valence-corrected chi connectivity index (χ0v) is 14.6. The molecule has 2 N–H and O–H groups in total. The summed E-state index contributed by atoms with van der Waals surface area (Å²) in [5, 5.41) is 6.36. The summed E-state index contributed by atoms with van der Waals surface area (Å²) >= 11 is 0. The first-order chi connectivity index (χ1) is 11.6. The number of benzene rings is 1.